The number of morpholine rings is 1. The molecule has 0 aromatic heterocycles. The third-order valence-electron chi connectivity index (χ3n) is 5.36. The topological polar surface area (TPSA) is 70.5 Å². The lowest BCUT2D eigenvalue weighted by atomic mass is 10.1. The number of benzene rings is 2. The second-order valence-corrected chi connectivity index (χ2v) is 7.32. The van der Waals surface area contributed by atoms with Gasteiger partial charge in [0.15, 0.2) is 11.5 Å². The van der Waals surface area contributed by atoms with Gasteiger partial charge in [-0.25, -0.2) is 0 Å². The van der Waals surface area contributed by atoms with Crippen molar-refractivity contribution in [2.75, 3.05) is 54.2 Å². The van der Waals surface area contributed by atoms with Crippen molar-refractivity contribution in [3.8, 4) is 17.2 Å². The predicted octanol–water partition coefficient (Wildman–Crippen LogP) is 1.50. The zero-order chi connectivity index (χ0) is 22.1. The Labute approximate surface area is 183 Å². The molecule has 0 unspecified atom stereocenters. The van der Waals surface area contributed by atoms with Gasteiger partial charge in [-0.1, -0.05) is 30.3 Å². The molecular formula is C24H31N2O5+. The standard InChI is InChI=1S/C24H30N2O5/c1-28-21-16-23(30-3)22(29-2)15-19(21)9-10-24(27)25-20(18-7-5-4-6-8-18)17-26-11-13-31-14-12-26/h4-10,15-16,20H,11-14,17H2,1-3H3,(H,25,27)/p+1/b10-9+/t20-/m1/s1. The molecule has 0 spiro atoms. The van der Waals surface area contributed by atoms with Crippen molar-refractivity contribution in [2.24, 2.45) is 0 Å². The normalized spacial score (nSPS) is 15.5. The average molecular weight is 428 g/mol. The van der Waals surface area contributed by atoms with Crippen molar-refractivity contribution in [1.82, 2.24) is 5.32 Å². The predicted molar refractivity (Wildman–Crippen MR) is 119 cm³/mol. The van der Waals surface area contributed by atoms with E-state index in [0.29, 0.717) is 17.2 Å². The molecule has 1 atom stereocenters. The van der Waals surface area contributed by atoms with Crippen LogP contribution in [0, 0.1) is 0 Å². The van der Waals surface area contributed by atoms with E-state index in [1.54, 1.807) is 39.5 Å². The zero-order valence-electron chi connectivity index (χ0n) is 18.4. The number of ether oxygens (including phenoxy) is 4. The number of quaternary nitrogens is 1. The maximum absolute atomic E-state index is 12.8. The van der Waals surface area contributed by atoms with E-state index in [1.165, 1.54) is 11.0 Å². The van der Waals surface area contributed by atoms with Crippen molar-refractivity contribution in [3.05, 3.63) is 59.7 Å². The first-order chi connectivity index (χ1) is 15.1. The van der Waals surface area contributed by atoms with Gasteiger partial charge in [0.1, 0.15) is 31.4 Å². The number of nitrogens with one attached hydrogen (secondary N) is 2. The van der Waals surface area contributed by atoms with Gasteiger partial charge in [-0.3, -0.25) is 4.79 Å². The third-order valence-corrected chi connectivity index (χ3v) is 5.36. The summed E-state index contributed by atoms with van der Waals surface area (Å²) in [4.78, 5) is 14.2. The molecule has 1 aliphatic heterocycles. The molecule has 166 valence electrons. The van der Waals surface area contributed by atoms with Crippen molar-refractivity contribution < 1.29 is 28.6 Å². The number of carbonyl (C=O) groups excluding carboxylic acids is 1. The van der Waals surface area contributed by atoms with Gasteiger partial charge in [-0.05, 0) is 17.7 Å². The Morgan fingerprint density at radius 1 is 1.03 bits per heavy atom. The smallest absolute Gasteiger partial charge is 0.244 e. The van der Waals surface area contributed by atoms with Crippen LogP contribution < -0.4 is 24.4 Å². The summed E-state index contributed by atoms with van der Waals surface area (Å²) in [6, 6.07) is 13.5. The summed E-state index contributed by atoms with van der Waals surface area (Å²) in [5.41, 5.74) is 1.82. The minimum absolute atomic E-state index is 0.0845. The Kier molecular flexibility index (Phi) is 8.32. The molecule has 2 N–H and O–H groups in total. The van der Waals surface area contributed by atoms with E-state index in [0.717, 1.165) is 44.0 Å². The maximum Gasteiger partial charge on any atom is 0.244 e. The third kappa shape index (κ3) is 6.23. The lowest BCUT2D eigenvalue weighted by molar-refractivity contribution is -0.909. The molecule has 0 saturated carbocycles. The summed E-state index contributed by atoms with van der Waals surface area (Å²) >= 11 is 0. The van der Waals surface area contributed by atoms with E-state index >= 15 is 0 Å². The molecule has 1 aliphatic rings. The molecule has 0 bridgehead atoms. The summed E-state index contributed by atoms with van der Waals surface area (Å²) < 4.78 is 21.6. The Hall–Kier alpha value is -3.03. The Bertz CT molecular complexity index is 879. The fourth-order valence-electron chi connectivity index (χ4n) is 3.66. The van der Waals surface area contributed by atoms with Gasteiger partial charge in [-0.15, -0.1) is 0 Å². The Balaban J connectivity index is 1.75. The molecular weight excluding hydrogens is 396 g/mol. The van der Waals surface area contributed by atoms with Crippen molar-refractivity contribution in [2.45, 2.75) is 6.04 Å². The molecule has 1 amide bonds. The van der Waals surface area contributed by atoms with Gasteiger partial charge < -0.3 is 29.2 Å². The Morgan fingerprint density at radius 2 is 1.68 bits per heavy atom. The van der Waals surface area contributed by atoms with E-state index in [1.807, 2.05) is 30.3 Å². The second-order valence-electron chi connectivity index (χ2n) is 7.32. The van der Waals surface area contributed by atoms with Crippen molar-refractivity contribution in [1.29, 1.82) is 0 Å². The van der Waals surface area contributed by atoms with Crippen LogP contribution in [0.4, 0.5) is 0 Å². The van der Waals surface area contributed by atoms with E-state index in [-0.39, 0.29) is 11.9 Å². The SMILES string of the molecule is COc1cc(OC)c(OC)cc1/C=C/C(=O)N[C@H](C[NH+]1CCOCC1)c1ccccc1. The summed E-state index contributed by atoms with van der Waals surface area (Å²) in [6.45, 7) is 4.20. The maximum atomic E-state index is 12.8. The van der Waals surface area contributed by atoms with Crippen LogP contribution >= 0.6 is 0 Å². The first-order valence-corrected chi connectivity index (χ1v) is 10.4. The molecule has 1 fully saturated rings. The van der Waals surface area contributed by atoms with Crippen LogP contribution in [-0.2, 0) is 9.53 Å². The fraction of sp³-hybridized carbons (Fsp3) is 0.375. The van der Waals surface area contributed by atoms with Crippen LogP contribution in [0.25, 0.3) is 6.08 Å². The van der Waals surface area contributed by atoms with Crippen LogP contribution in [0.15, 0.2) is 48.5 Å². The highest BCUT2D eigenvalue weighted by Gasteiger charge is 2.22. The first kappa shape index (κ1) is 22.7. The molecule has 0 radical (unpaired) electrons. The summed E-state index contributed by atoms with van der Waals surface area (Å²) in [7, 11) is 4.72. The van der Waals surface area contributed by atoms with Gasteiger partial charge in [0.05, 0.1) is 34.5 Å². The second kappa shape index (κ2) is 11.4. The highest BCUT2D eigenvalue weighted by Crippen LogP contribution is 2.35. The molecule has 1 heterocycles. The van der Waals surface area contributed by atoms with Crippen molar-refractivity contribution >= 4 is 12.0 Å². The Morgan fingerprint density at radius 3 is 2.32 bits per heavy atom. The lowest BCUT2D eigenvalue weighted by Gasteiger charge is -2.28. The summed E-state index contributed by atoms with van der Waals surface area (Å²) in [5, 5.41) is 3.16. The zero-order valence-corrected chi connectivity index (χ0v) is 18.4. The number of carbonyl (C=O) groups is 1. The van der Waals surface area contributed by atoms with Crippen LogP contribution in [0.3, 0.4) is 0 Å². The van der Waals surface area contributed by atoms with E-state index in [2.05, 4.69) is 5.32 Å². The van der Waals surface area contributed by atoms with Gasteiger partial charge in [0.25, 0.3) is 0 Å². The largest absolute Gasteiger partial charge is 0.496 e. The molecule has 0 aliphatic carbocycles. The number of hydrogen-bond acceptors (Lipinski definition) is 5. The van der Waals surface area contributed by atoms with E-state index in [9.17, 15) is 4.79 Å². The fourth-order valence-corrected chi connectivity index (χ4v) is 3.66. The molecule has 2 aromatic carbocycles. The van der Waals surface area contributed by atoms with Gasteiger partial charge >= 0.3 is 0 Å². The molecule has 2 aromatic rings. The van der Waals surface area contributed by atoms with Crippen LogP contribution in [0.1, 0.15) is 17.2 Å². The summed E-state index contributed by atoms with van der Waals surface area (Å²) in [5.74, 6) is 1.57. The highest BCUT2D eigenvalue weighted by molar-refractivity contribution is 5.92. The number of hydrogen-bond donors (Lipinski definition) is 2. The minimum atomic E-state index is -0.168. The van der Waals surface area contributed by atoms with Gasteiger partial charge in [0, 0.05) is 17.7 Å². The molecule has 7 nitrogen and oxygen atoms in total. The summed E-state index contributed by atoms with van der Waals surface area (Å²) in [6.07, 6.45) is 3.24. The van der Waals surface area contributed by atoms with E-state index in [4.69, 9.17) is 18.9 Å². The van der Waals surface area contributed by atoms with Crippen LogP contribution in [0.5, 0.6) is 17.2 Å². The van der Waals surface area contributed by atoms with Crippen LogP contribution in [0.2, 0.25) is 0 Å². The highest BCUT2D eigenvalue weighted by atomic mass is 16.5. The average Bonchev–Trinajstić information content (AvgIpc) is 2.82. The minimum Gasteiger partial charge on any atom is -0.496 e. The molecule has 1 saturated heterocycles. The van der Waals surface area contributed by atoms with Gasteiger partial charge in [-0.2, -0.15) is 0 Å². The quantitative estimate of drug-likeness (QED) is 0.594. The number of amides is 1. The first-order valence-electron chi connectivity index (χ1n) is 10.4. The van der Waals surface area contributed by atoms with Crippen molar-refractivity contribution in [3.63, 3.8) is 0 Å². The van der Waals surface area contributed by atoms with E-state index < -0.39 is 0 Å². The number of rotatable bonds is 9. The lowest BCUT2D eigenvalue weighted by Crippen LogP contribution is -3.14. The number of methoxy groups -OCH3 is 3. The van der Waals surface area contributed by atoms with Gasteiger partial charge in [0.2, 0.25) is 5.91 Å². The monoisotopic (exact) mass is 427 g/mol. The molecule has 7 heteroatoms. The molecule has 31 heavy (non-hydrogen) atoms. The molecule has 3 rings (SSSR count). The van der Waals surface area contributed by atoms with Crippen LogP contribution in [-0.4, -0.2) is 60.1 Å².